The van der Waals surface area contributed by atoms with Crippen LogP contribution in [-0.2, 0) is 91.0 Å². The molecule has 3 saturated heterocycles. The van der Waals surface area contributed by atoms with Crippen molar-refractivity contribution in [2.45, 2.75) is 210 Å². The number of carbonyl (C=O) groups is 3. The number of morpholine rings is 2. The summed E-state index contributed by atoms with van der Waals surface area (Å²) in [5, 5.41) is 4.57. The Morgan fingerprint density at radius 2 is 0.787 bits per heavy atom. The third kappa shape index (κ3) is 29.0. The summed E-state index contributed by atoms with van der Waals surface area (Å²) in [5.74, 6) is 4.24. The number of benzene rings is 8. The molecule has 0 unspecified atom stereocenters. The lowest BCUT2D eigenvalue weighted by Gasteiger charge is -2.27. The number of allylic oxidation sites excluding steroid dienone is 6. The number of hydrogen-bond acceptors (Lipinski definition) is 14. The zero-order valence-electron chi connectivity index (χ0n) is 86.2. The SMILES string of the molecule is CC(C)c1ccc2c(c1)C(C(=O)CS(C)(=O)=O)=CC2.CC(C)c1ccc2c(c1)C(CCS(C)(=O)=O)=CC2.CC(C)c1ccc2c(c1)C=CC2.CC(C)c1ccc2c(ccn2C(=O)N2CCOCC2)c1.CC(C)c1ccc2c(ccn2CC2CCOCC2)c1.CC(C)c1ccc2c(ccn2S(C)(=O)=O)c1.CC(C)c1ccc2ccn(C(=O)N3CCOCC3)c2c1.CNS(=O)(=O)C1=CCc2ccc(C(C)C)cc21. The molecule has 8 aromatic carbocycles. The van der Waals surface area contributed by atoms with E-state index in [2.05, 4.69) is 248 Å². The van der Waals surface area contributed by atoms with Gasteiger partial charge in [-0.25, -0.2) is 52.0 Å². The minimum absolute atomic E-state index is 0.0422. The van der Waals surface area contributed by atoms with Crippen molar-refractivity contribution in [3.8, 4) is 0 Å². The van der Waals surface area contributed by atoms with E-state index in [4.69, 9.17) is 14.2 Å². The standard InChI is InChI=1S/C17H23NO.2C16H20N2O2.C15H18O3S.C15H20O2S.C13H17NO2S.C12H15NO2S.C12H14/c1-13(2)15-3-4-17-16(11-15)5-8-18(17)12-14-6-9-19-10-7-14;1-12(2)13-3-4-15-14(11-13)5-6-18(15)16(19)17-7-9-20-10-8-17;1-12(2)14-4-3-13-5-6-18(15(13)11-14)16(19)17-7-9-20-10-8-17;1-10(2)12-5-4-11-6-7-13(14(11)8-12)15(16)9-19(3,17)18;1-11(2)14-7-6-12-4-5-13(15(12)10-14)8-9-18(3,16)17;1-9(2)11-5-4-10-6-7-13(12(10)8-11)17(15,16)14-3;1-9(2)10-4-5-12-11(8-10)6-7-13(12)16(3,14)15;1-9(2)11-7-6-10-4-3-5-12(10)8-11/h3-5,8,11,13-14H,6-7,9-10,12H2,1-2H3;2*3-6,11-12H,7-10H2,1-2H3;4-5,7-8,10H,6,9H2,1-3H3;5-7,10-11H,4,8-9H2,1-3H3;4-5,7-9,14H,6H2,1-3H3;4-9H,1-3H3;3,5-9H,4H2,1-2H3. The Labute approximate surface area is 838 Å². The lowest BCUT2D eigenvalue weighted by atomic mass is 9.95. The van der Waals surface area contributed by atoms with Crippen LogP contribution in [0.4, 0.5) is 9.59 Å². The number of Topliss-reactive ketones (excluding diaryl/α,β-unsaturated/α-hetero) is 1. The number of amides is 2. The van der Waals surface area contributed by atoms with Crippen molar-refractivity contribution >= 4 is 123 Å². The molecule has 19 rings (SSSR count). The van der Waals surface area contributed by atoms with E-state index in [0.29, 0.717) is 130 Å². The van der Waals surface area contributed by atoms with Crippen molar-refractivity contribution in [3.05, 3.63) is 308 Å². The first kappa shape index (κ1) is 109. The molecule has 0 atom stereocenters. The zero-order valence-corrected chi connectivity index (χ0v) is 89.5. The Bertz CT molecular complexity index is 7060. The summed E-state index contributed by atoms with van der Waals surface area (Å²) in [7, 11) is -11.3. The average molecular weight is 1990 g/mol. The molecule has 0 radical (unpaired) electrons. The summed E-state index contributed by atoms with van der Waals surface area (Å²) in [6.07, 6.45) is 27.9. The number of ether oxygens (including phenoxy) is 3. The van der Waals surface area contributed by atoms with Crippen LogP contribution in [0.5, 0.6) is 0 Å². The molecule has 4 aromatic heterocycles. The first-order chi connectivity index (χ1) is 66.8. The number of aromatic nitrogens is 4. The van der Waals surface area contributed by atoms with Gasteiger partial charge in [-0.3, -0.25) is 13.9 Å². The highest BCUT2D eigenvalue weighted by atomic mass is 32.2. The summed E-state index contributed by atoms with van der Waals surface area (Å²) in [4.78, 5) is 41.3. The van der Waals surface area contributed by atoms with Crippen LogP contribution in [0.3, 0.4) is 0 Å². The van der Waals surface area contributed by atoms with Gasteiger partial charge in [-0.1, -0.05) is 238 Å². The summed E-state index contributed by atoms with van der Waals surface area (Å²) < 4.78 is 117. The number of hydrogen-bond donors (Lipinski definition) is 1. The second kappa shape index (κ2) is 48.5. The maximum Gasteiger partial charge on any atom is 0.328 e. The number of nitrogens with one attached hydrogen (secondary N) is 1. The van der Waals surface area contributed by atoms with Gasteiger partial charge >= 0.3 is 12.1 Å². The molecule has 1 N–H and O–H groups in total. The van der Waals surface area contributed by atoms with Crippen molar-refractivity contribution in [1.29, 1.82) is 0 Å². The molecular weight excluding hydrogens is 1840 g/mol. The van der Waals surface area contributed by atoms with Crippen molar-refractivity contribution in [2.75, 3.05) is 103 Å². The van der Waals surface area contributed by atoms with E-state index in [9.17, 15) is 48.1 Å². The van der Waals surface area contributed by atoms with Crippen molar-refractivity contribution < 1.29 is 62.3 Å². The number of fused-ring (bicyclic) bond motifs is 8. The molecule has 7 aliphatic rings. The normalized spacial score (nSPS) is 15.1. The topological polar surface area (TPSA) is 254 Å². The van der Waals surface area contributed by atoms with E-state index in [1.54, 1.807) is 21.4 Å². The van der Waals surface area contributed by atoms with E-state index in [-0.39, 0.29) is 23.6 Å². The van der Waals surface area contributed by atoms with Gasteiger partial charge in [-0.15, -0.1) is 0 Å². The fraction of sp³-hybridized carbons (Fsp3) is 0.422. The van der Waals surface area contributed by atoms with Crippen molar-refractivity contribution in [3.63, 3.8) is 0 Å². The molecule has 0 spiro atoms. The van der Waals surface area contributed by atoms with Crippen LogP contribution in [0.15, 0.2) is 219 Å². The molecule has 3 fully saturated rings. The second-order valence-corrected chi connectivity index (χ2v) is 48.6. The summed E-state index contributed by atoms with van der Waals surface area (Å²) in [5.41, 5.74) is 25.5. The van der Waals surface area contributed by atoms with Crippen LogP contribution in [0, 0.1) is 5.92 Å². The minimum atomic E-state index is -3.34. The van der Waals surface area contributed by atoms with Gasteiger partial charge in [0.25, 0.3) is 0 Å². The third-order valence-electron chi connectivity index (χ3n) is 27.1. The summed E-state index contributed by atoms with van der Waals surface area (Å²) >= 11 is 0. The first-order valence-corrected chi connectivity index (χ1v) is 57.3. The zero-order chi connectivity index (χ0) is 102. The molecule has 2 amide bonds. The van der Waals surface area contributed by atoms with Gasteiger partial charge in [0.05, 0.1) is 59.9 Å². The number of rotatable bonds is 19. The van der Waals surface area contributed by atoms with Crippen LogP contribution in [0.1, 0.15) is 266 Å². The van der Waals surface area contributed by atoms with Gasteiger partial charge in [0, 0.05) is 110 Å². The smallest absolute Gasteiger partial charge is 0.328 e. The third-order valence-corrected chi connectivity index (χ3v) is 31.3. The lowest BCUT2D eigenvalue weighted by molar-refractivity contribution is -0.111. The number of ketones is 1. The molecule has 7 heterocycles. The fourth-order valence-corrected chi connectivity index (χ4v) is 21.2. The Morgan fingerprint density at radius 1 is 0.383 bits per heavy atom. The number of sulfone groups is 2. The molecule has 4 aliphatic carbocycles. The predicted octanol–water partition coefficient (Wildman–Crippen LogP) is 24.1. The molecule has 21 nitrogen and oxygen atoms in total. The van der Waals surface area contributed by atoms with Gasteiger partial charge in [-0.05, 0) is 278 Å². The van der Waals surface area contributed by atoms with E-state index in [0.717, 1.165) is 99.7 Å². The van der Waals surface area contributed by atoms with Crippen LogP contribution in [-0.4, -0.2) is 182 Å². The molecule has 754 valence electrons. The molecule has 0 saturated carbocycles. The van der Waals surface area contributed by atoms with Gasteiger partial charge in [0.2, 0.25) is 20.0 Å². The van der Waals surface area contributed by atoms with Crippen molar-refractivity contribution in [2.24, 2.45) is 5.92 Å². The Kier molecular flexibility index (Phi) is 37.5. The largest absolute Gasteiger partial charge is 0.381 e. The summed E-state index contributed by atoms with van der Waals surface area (Å²) in [6, 6.07) is 59.2. The maximum atomic E-state index is 12.6. The molecule has 141 heavy (non-hydrogen) atoms. The number of carbonyl (C=O) groups excluding carboxylic acids is 3. The van der Waals surface area contributed by atoms with Crippen molar-refractivity contribution in [1.82, 2.24) is 32.2 Å². The summed E-state index contributed by atoms with van der Waals surface area (Å²) in [6.45, 7) is 42.8. The Hall–Kier alpha value is -10.9. The highest BCUT2D eigenvalue weighted by Gasteiger charge is 2.29. The minimum Gasteiger partial charge on any atom is -0.381 e. The van der Waals surface area contributed by atoms with E-state index >= 15 is 0 Å². The van der Waals surface area contributed by atoms with E-state index in [1.165, 1.54) is 120 Å². The molecule has 3 aliphatic heterocycles. The van der Waals surface area contributed by atoms with Gasteiger partial charge < -0.3 is 28.6 Å². The van der Waals surface area contributed by atoms with E-state index in [1.807, 2.05) is 95.0 Å². The van der Waals surface area contributed by atoms with E-state index < -0.39 is 45.5 Å². The first-order valence-electron chi connectivity index (χ1n) is 49.9. The second-order valence-electron chi connectivity index (χ2n) is 40.5. The molecular formula is C116H147N7O14S4. The van der Waals surface area contributed by atoms with Crippen LogP contribution >= 0.6 is 0 Å². The quantitative estimate of drug-likeness (QED) is 0.0790. The highest BCUT2D eigenvalue weighted by molar-refractivity contribution is 7.98. The lowest BCUT2D eigenvalue weighted by Crippen LogP contribution is -2.42. The van der Waals surface area contributed by atoms with Crippen LogP contribution in [0.25, 0.3) is 65.7 Å². The van der Waals surface area contributed by atoms with Crippen LogP contribution < -0.4 is 4.72 Å². The Morgan fingerprint density at radius 3 is 1.30 bits per heavy atom. The number of sulfonamides is 1. The fourth-order valence-electron chi connectivity index (χ4n) is 18.2. The Balaban J connectivity index is 0.000000145. The number of nitrogens with zero attached hydrogens (tertiary/aromatic N) is 6. The van der Waals surface area contributed by atoms with Gasteiger partial charge in [-0.2, -0.15) is 0 Å². The van der Waals surface area contributed by atoms with Gasteiger partial charge in [0.1, 0.15) is 15.6 Å². The average Bonchev–Trinajstić information content (AvgIpc) is 1.67. The maximum absolute atomic E-state index is 12.6. The van der Waals surface area contributed by atoms with Crippen LogP contribution in [0.2, 0.25) is 0 Å². The van der Waals surface area contributed by atoms with Gasteiger partial charge in [0.15, 0.2) is 15.6 Å². The highest BCUT2D eigenvalue weighted by Crippen LogP contribution is 2.38. The molecule has 0 bridgehead atoms. The monoisotopic (exact) mass is 1990 g/mol. The molecule has 12 aromatic rings. The predicted molar refractivity (Wildman–Crippen MR) is 581 cm³/mol. The molecule has 25 heteroatoms.